The Labute approximate surface area is 102 Å². The first-order valence-electron chi connectivity index (χ1n) is 6.43. The van der Waals surface area contributed by atoms with Gasteiger partial charge in [0.25, 0.3) is 0 Å². The number of aryl methyl sites for hydroxylation is 1. The molecule has 1 saturated carbocycles. The van der Waals surface area contributed by atoms with Gasteiger partial charge >= 0.3 is 0 Å². The van der Waals surface area contributed by atoms with Gasteiger partial charge in [0.2, 0.25) is 0 Å². The van der Waals surface area contributed by atoms with Crippen LogP contribution in [0, 0.1) is 0 Å². The van der Waals surface area contributed by atoms with Crippen LogP contribution in [0.4, 0.5) is 5.69 Å². The van der Waals surface area contributed by atoms with Gasteiger partial charge in [-0.3, -0.25) is 0 Å². The monoisotopic (exact) mass is 232 g/mol. The number of hydrogen-bond donors (Lipinski definition) is 2. The highest BCUT2D eigenvalue weighted by Gasteiger charge is 2.32. The minimum absolute atomic E-state index is 0.472. The topological polar surface area (TPSA) is 47.3 Å². The first-order valence-corrected chi connectivity index (χ1v) is 6.43. The number of anilines is 1. The van der Waals surface area contributed by atoms with E-state index in [2.05, 4.69) is 17.4 Å². The van der Waals surface area contributed by atoms with Gasteiger partial charge in [0, 0.05) is 24.9 Å². The van der Waals surface area contributed by atoms with Crippen LogP contribution in [-0.2, 0) is 11.2 Å². The van der Waals surface area contributed by atoms with Crippen LogP contribution in [-0.4, -0.2) is 19.3 Å². The molecule has 0 saturated heterocycles. The minimum Gasteiger partial charge on any atom is -0.399 e. The van der Waals surface area contributed by atoms with Crippen molar-refractivity contribution in [2.24, 2.45) is 0 Å². The molecule has 0 radical (unpaired) electrons. The van der Waals surface area contributed by atoms with Crippen molar-refractivity contribution in [3.05, 3.63) is 29.3 Å². The van der Waals surface area contributed by atoms with Crippen molar-refractivity contribution in [1.82, 2.24) is 5.32 Å². The molecule has 0 heterocycles. The fraction of sp³-hybridized carbons (Fsp3) is 0.571. The molecule has 3 nitrogen and oxygen atoms in total. The number of rotatable bonds is 3. The maximum absolute atomic E-state index is 5.81. The maximum atomic E-state index is 5.81. The van der Waals surface area contributed by atoms with Crippen LogP contribution in [0.15, 0.2) is 18.2 Å². The molecule has 1 aromatic carbocycles. The van der Waals surface area contributed by atoms with Gasteiger partial charge in [-0.05, 0) is 48.9 Å². The molecule has 2 aliphatic carbocycles. The fourth-order valence-electron chi connectivity index (χ4n) is 2.99. The summed E-state index contributed by atoms with van der Waals surface area (Å²) < 4.78 is 5.31. The lowest BCUT2D eigenvalue weighted by atomic mass is 9.88. The van der Waals surface area contributed by atoms with E-state index in [1.165, 1.54) is 17.5 Å². The average molecular weight is 232 g/mol. The Morgan fingerprint density at radius 1 is 1.35 bits per heavy atom. The molecule has 0 aliphatic heterocycles. The minimum atomic E-state index is 0.472. The number of nitrogens with one attached hydrogen (secondary N) is 1. The van der Waals surface area contributed by atoms with E-state index in [0.29, 0.717) is 18.2 Å². The Balaban J connectivity index is 1.64. The van der Waals surface area contributed by atoms with Crippen LogP contribution < -0.4 is 11.1 Å². The summed E-state index contributed by atoms with van der Waals surface area (Å²) in [5.41, 5.74) is 9.56. The van der Waals surface area contributed by atoms with Gasteiger partial charge < -0.3 is 15.8 Å². The fourth-order valence-corrected chi connectivity index (χ4v) is 2.99. The number of nitrogens with two attached hydrogens (primary N) is 1. The predicted octanol–water partition coefficient (Wildman–Crippen LogP) is 2.02. The molecule has 3 N–H and O–H groups in total. The molecule has 17 heavy (non-hydrogen) atoms. The van der Waals surface area contributed by atoms with Crippen LogP contribution in [0.2, 0.25) is 0 Å². The van der Waals surface area contributed by atoms with E-state index in [4.69, 9.17) is 10.5 Å². The molecule has 0 aromatic heterocycles. The second-order valence-corrected chi connectivity index (χ2v) is 5.24. The summed E-state index contributed by atoms with van der Waals surface area (Å²) in [4.78, 5) is 0. The number of nitrogen functional groups attached to an aromatic ring is 1. The molecule has 3 heteroatoms. The number of benzene rings is 1. The van der Waals surface area contributed by atoms with Crippen molar-refractivity contribution in [3.8, 4) is 0 Å². The van der Waals surface area contributed by atoms with E-state index in [1.807, 2.05) is 6.07 Å². The molecular formula is C14H20N2O. The first kappa shape index (κ1) is 11.1. The SMILES string of the molecule is COC1CC(NC2CCc3cc(N)ccc32)C1. The molecule has 0 bridgehead atoms. The van der Waals surface area contributed by atoms with Gasteiger partial charge in [-0.25, -0.2) is 0 Å². The van der Waals surface area contributed by atoms with E-state index in [-0.39, 0.29) is 0 Å². The van der Waals surface area contributed by atoms with E-state index in [1.54, 1.807) is 7.11 Å². The number of ether oxygens (including phenoxy) is 1. The third kappa shape index (κ3) is 2.05. The van der Waals surface area contributed by atoms with Gasteiger partial charge in [-0.15, -0.1) is 0 Å². The lowest BCUT2D eigenvalue weighted by molar-refractivity contribution is 0.0141. The van der Waals surface area contributed by atoms with Gasteiger partial charge in [0.1, 0.15) is 0 Å². The highest BCUT2D eigenvalue weighted by Crippen LogP contribution is 2.35. The summed E-state index contributed by atoms with van der Waals surface area (Å²) >= 11 is 0. The molecular weight excluding hydrogens is 212 g/mol. The Bertz CT molecular complexity index is 413. The van der Waals surface area contributed by atoms with Crippen molar-refractivity contribution >= 4 is 5.69 Å². The molecule has 1 aromatic rings. The number of methoxy groups -OCH3 is 1. The summed E-state index contributed by atoms with van der Waals surface area (Å²) in [5, 5.41) is 3.73. The number of hydrogen-bond acceptors (Lipinski definition) is 3. The maximum Gasteiger partial charge on any atom is 0.0601 e. The smallest absolute Gasteiger partial charge is 0.0601 e. The first-order chi connectivity index (χ1) is 8.26. The zero-order chi connectivity index (χ0) is 11.8. The Morgan fingerprint density at radius 2 is 2.18 bits per heavy atom. The van der Waals surface area contributed by atoms with Crippen LogP contribution in [0.1, 0.15) is 36.4 Å². The van der Waals surface area contributed by atoms with Crippen molar-refractivity contribution < 1.29 is 4.74 Å². The molecule has 3 rings (SSSR count). The highest BCUT2D eigenvalue weighted by molar-refractivity contribution is 5.47. The van der Waals surface area contributed by atoms with E-state index >= 15 is 0 Å². The Hall–Kier alpha value is -1.06. The van der Waals surface area contributed by atoms with Crippen LogP contribution in [0.5, 0.6) is 0 Å². The lowest BCUT2D eigenvalue weighted by Gasteiger charge is -2.36. The largest absolute Gasteiger partial charge is 0.399 e. The third-order valence-electron chi connectivity index (χ3n) is 4.11. The molecule has 1 atom stereocenters. The number of fused-ring (bicyclic) bond motifs is 1. The molecule has 1 fully saturated rings. The second kappa shape index (κ2) is 4.31. The van der Waals surface area contributed by atoms with Crippen molar-refractivity contribution in [2.75, 3.05) is 12.8 Å². The second-order valence-electron chi connectivity index (χ2n) is 5.24. The lowest BCUT2D eigenvalue weighted by Crippen LogP contribution is -2.46. The average Bonchev–Trinajstić information content (AvgIpc) is 2.65. The molecule has 0 spiro atoms. The zero-order valence-electron chi connectivity index (χ0n) is 10.3. The Kier molecular flexibility index (Phi) is 2.81. The van der Waals surface area contributed by atoms with E-state index < -0.39 is 0 Å². The normalized spacial score (nSPS) is 31.0. The van der Waals surface area contributed by atoms with Gasteiger partial charge in [0.15, 0.2) is 0 Å². The van der Waals surface area contributed by atoms with E-state index in [0.717, 1.165) is 24.9 Å². The zero-order valence-corrected chi connectivity index (χ0v) is 10.3. The van der Waals surface area contributed by atoms with Crippen LogP contribution in [0.3, 0.4) is 0 Å². The molecule has 0 amide bonds. The quantitative estimate of drug-likeness (QED) is 0.784. The van der Waals surface area contributed by atoms with Crippen LogP contribution >= 0.6 is 0 Å². The highest BCUT2D eigenvalue weighted by atomic mass is 16.5. The molecule has 92 valence electrons. The predicted molar refractivity (Wildman–Crippen MR) is 68.9 cm³/mol. The van der Waals surface area contributed by atoms with E-state index in [9.17, 15) is 0 Å². The summed E-state index contributed by atoms with van der Waals surface area (Å²) in [5.74, 6) is 0. The van der Waals surface area contributed by atoms with Crippen molar-refractivity contribution in [3.63, 3.8) is 0 Å². The Morgan fingerprint density at radius 3 is 2.94 bits per heavy atom. The van der Waals surface area contributed by atoms with Gasteiger partial charge in [-0.2, -0.15) is 0 Å². The van der Waals surface area contributed by atoms with Gasteiger partial charge in [0.05, 0.1) is 6.10 Å². The standard InChI is InChI=1S/C14H20N2O/c1-17-12-7-11(8-12)16-14-5-2-9-6-10(15)3-4-13(9)14/h3-4,6,11-12,14,16H,2,5,7-8,15H2,1H3. The van der Waals surface area contributed by atoms with Gasteiger partial charge in [-0.1, -0.05) is 6.07 Å². The summed E-state index contributed by atoms with van der Waals surface area (Å²) in [6.07, 6.45) is 5.12. The van der Waals surface area contributed by atoms with Crippen LogP contribution in [0.25, 0.3) is 0 Å². The summed E-state index contributed by atoms with van der Waals surface area (Å²) in [6.45, 7) is 0. The molecule has 1 unspecified atom stereocenters. The van der Waals surface area contributed by atoms with Crippen molar-refractivity contribution in [1.29, 1.82) is 0 Å². The summed E-state index contributed by atoms with van der Waals surface area (Å²) in [7, 11) is 1.80. The summed E-state index contributed by atoms with van der Waals surface area (Å²) in [6, 6.07) is 7.47. The van der Waals surface area contributed by atoms with Crippen molar-refractivity contribution in [2.45, 2.75) is 43.9 Å². The molecule has 2 aliphatic rings. The third-order valence-corrected chi connectivity index (χ3v) is 4.11.